The molecule has 0 amide bonds. The largest absolute Gasteiger partial charge is 0.384 e. The van der Waals surface area contributed by atoms with Gasteiger partial charge in [0.05, 0.1) is 0 Å². The van der Waals surface area contributed by atoms with E-state index in [4.69, 9.17) is 4.18 Å². The van der Waals surface area contributed by atoms with Gasteiger partial charge in [0, 0.05) is 0 Å². The van der Waals surface area contributed by atoms with Crippen molar-refractivity contribution in [2.24, 2.45) is 0 Å². The van der Waals surface area contributed by atoms with E-state index in [1.807, 2.05) is 13.8 Å². The topological polar surface area (TPSA) is 43.4 Å². The molecule has 0 unspecified atom stereocenters. The molecule has 3 nitrogen and oxygen atoms in total. The quantitative estimate of drug-likeness (QED) is 0.587. The van der Waals surface area contributed by atoms with Crippen molar-refractivity contribution >= 4 is 10.1 Å². The summed E-state index contributed by atoms with van der Waals surface area (Å²) in [5.74, 6) is 0.160. The molecule has 0 aromatic heterocycles. The van der Waals surface area contributed by atoms with Gasteiger partial charge in [-0.3, -0.25) is 0 Å². The van der Waals surface area contributed by atoms with Gasteiger partial charge in [-0.1, -0.05) is 12.6 Å². The van der Waals surface area contributed by atoms with Crippen LogP contribution in [0.15, 0.2) is 35.4 Å². The lowest BCUT2D eigenvalue weighted by Gasteiger charge is -2.07. The van der Waals surface area contributed by atoms with Gasteiger partial charge in [-0.2, -0.15) is 8.42 Å². The van der Waals surface area contributed by atoms with E-state index in [-0.39, 0.29) is 10.7 Å². The highest BCUT2D eigenvalue weighted by Gasteiger charge is 2.16. The second-order valence-electron chi connectivity index (χ2n) is 3.49. The first-order valence-electron chi connectivity index (χ1n) is 4.50. The summed E-state index contributed by atoms with van der Waals surface area (Å²) in [6.07, 6.45) is 0. The van der Waals surface area contributed by atoms with E-state index in [2.05, 4.69) is 6.58 Å². The van der Waals surface area contributed by atoms with Crippen molar-refractivity contribution in [3.8, 4) is 0 Å². The molecule has 0 fully saturated rings. The number of aryl methyl sites for hydroxylation is 2. The molecular weight excluding hydrogens is 212 g/mol. The lowest BCUT2D eigenvalue weighted by atomic mass is 10.1. The molecule has 0 radical (unpaired) electrons. The molecule has 0 aliphatic carbocycles. The zero-order chi connectivity index (χ0) is 11.6. The summed E-state index contributed by atoms with van der Waals surface area (Å²) >= 11 is 0. The summed E-state index contributed by atoms with van der Waals surface area (Å²) in [6, 6.07) is 4.87. The monoisotopic (exact) mass is 226 g/mol. The Balaban J connectivity index is 3.17. The third-order valence-corrected chi connectivity index (χ3v) is 3.35. The molecule has 0 aliphatic heterocycles. The summed E-state index contributed by atoms with van der Waals surface area (Å²) in [7, 11) is -3.70. The predicted octanol–water partition coefficient (Wildman–Crippen LogP) is 2.54. The second kappa shape index (κ2) is 4.06. The molecule has 15 heavy (non-hydrogen) atoms. The Morgan fingerprint density at radius 2 is 1.87 bits per heavy atom. The molecule has 0 N–H and O–H groups in total. The van der Waals surface area contributed by atoms with Gasteiger partial charge >= 0.3 is 10.1 Å². The Morgan fingerprint density at radius 1 is 1.27 bits per heavy atom. The molecule has 0 aliphatic rings. The van der Waals surface area contributed by atoms with E-state index in [0.29, 0.717) is 0 Å². The minimum atomic E-state index is -3.70. The Labute approximate surface area is 90.5 Å². The summed E-state index contributed by atoms with van der Waals surface area (Å²) < 4.78 is 27.9. The minimum absolute atomic E-state index is 0.160. The lowest BCUT2D eigenvalue weighted by Crippen LogP contribution is -2.05. The third kappa shape index (κ3) is 2.83. The van der Waals surface area contributed by atoms with Crippen LogP contribution in [-0.2, 0) is 14.3 Å². The van der Waals surface area contributed by atoms with Crippen LogP contribution in [0, 0.1) is 13.8 Å². The fourth-order valence-corrected chi connectivity index (χ4v) is 2.13. The van der Waals surface area contributed by atoms with Gasteiger partial charge in [0.25, 0.3) is 0 Å². The molecule has 0 bridgehead atoms. The maximum atomic E-state index is 11.6. The van der Waals surface area contributed by atoms with Crippen molar-refractivity contribution in [2.75, 3.05) is 0 Å². The molecule has 1 aromatic rings. The van der Waals surface area contributed by atoms with Gasteiger partial charge < -0.3 is 4.18 Å². The Morgan fingerprint density at radius 3 is 2.33 bits per heavy atom. The Kier molecular flexibility index (Phi) is 3.19. The smallest absolute Gasteiger partial charge is 0.338 e. The number of rotatable bonds is 3. The van der Waals surface area contributed by atoms with Crippen molar-refractivity contribution in [3.05, 3.63) is 41.7 Å². The third-order valence-electron chi connectivity index (χ3n) is 2.02. The van der Waals surface area contributed by atoms with Gasteiger partial charge in [0.2, 0.25) is 0 Å². The van der Waals surface area contributed by atoms with Crippen LogP contribution in [0.25, 0.3) is 0 Å². The van der Waals surface area contributed by atoms with E-state index in [1.165, 1.54) is 13.0 Å². The summed E-state index contributed by atoms with van der Waals surface area (Å²) in [4.78, 5) is 0.161. The highest BCUT2D eigenvalue weighted by atomic mass is 32.2. The van der Waals surface area contributed by atoms with Crippen molar-refractivity contribution in [2.45, 2.75) is 25.7 Å². The maximum absolute atomic E-state index is 11.6. The first kappa shape index (κ1) is 11.8. The Hall–Kier alpha value is -1.29. The van der Waals surface area contributed by atoms with Crippen LogP contribution in [0.3, 0.4) is 0 Å². The van der Waals surface area contributed by atoms with E-state index < -0.39 is 10.1 Å². The number of benzene rings is 1. The van der Waals surface area contributed by atoms with Crippen LogP contribution in [0.1, 0.15) is 18.1 Å². The van der Waals surface area contributed by atoms with E-state index in [1.54, 1.807) is 12.1 Å². The number of hydrogen-bond acceptors (Lipinski definition) is 3. The van der Waals surface area contributed by atoms with Crippen molar-refractivity contribution < 1.29 is 12.6 Å². The van der Waals surface area contributed by atoms with Crippen molar-refractivity contribution in [1.29, 1.82) is 0 Å². The fraction of sp³-hybridized carbons (Fsp3) is 0.273. The lowest BCUT2D eigenvalue weighted by molar-refractivity contribution is 0.410. The van der Waals surface area contributed by atoms with Crippen LogP contribution in [0.4, 0.5) is 0 Å². The molecular formula is C11H14O3S. The summed E-state index contributed by atoms with van der Waals surface area (Å²) in [5, 5.41) is 0. The molecule has 0 saturated heterocycles. The molecule has 4 heteroatoms. The van der Waals surface area contributed by atoms with Crippen molar-refractivity contribution in [1.82, 2.24) is 0 Å². The van der Waals surface area contributed by atoms with Crippen LogP contribution < -0.4 is 0 Å². The van der Waals surface area contributed by atoms with Crippen LogP contribution >= 0.6 is 0 Å². The Bertz CT molecular complexity index is 487. The van der Waals surface area contributed by atoms with E-state index >= 15 is 0 Å². The fourth-order valence-electron chi connectivity index (χ4n) is 1.10. The molecule has 1 aromatic carbocycles. The second-order valence-corrected chi connectivity index (χ2v) is 5.03. The van der Waals surface area contributed by atoms with Gasteiger partial charge in [-0.05, 0) is 44.0 Å². The normalized spacial score (nSPS) is 11.1. The highest BCUT2D eigenvalue weighted by molar-refractivity contribution is 7.86. The molecule has 0 heterocycles. The average molecular weight is 226 g/mol. The first-order valence-corrected chi connectivity index (χ1v) is 5.91. The molecule has 0 saturated carbocycles. The maximum Gasteiger partial charge on any atom is 0.338 e. The van der Waals surface area contributed by atoms with Crippen LogP contribution in [0.2, 0.25) is 0 Å². The van der Waals surface area contributed by atoms with Crippen LogP contribution in [0.5, 0.6) is 0 Å². The molecule has 82 valence electrons. The predicted molar refractivity (Wildman–Crippen MR) is 59.0 cm³/mol. The zero-order valence-electron chi connectivity index (χ0n) is 9.07. The minimum Gasteiger partial charge on any atom is -0.384 e. The summed E-state index contributed by atoms with van der Waals surface area (Å²) in [6.45, 7) is 8.68. The van der Waals surface area contributed by atoms with Crippen LogP contribution in [-0.4, -0.2) is 8.42 Å². The standard InChI is InChI=1S/C11H14O3S/c1-8(2)14-15(12,13)11-6-5-9(3)10(4)7-11/h5-7H,1H2,2-4H3. The molecule has 0 atom stereocenters. The molecule has 1 rings (SSSR count). The van der Waals surface area contributed by atoms with Gasteiger partial charge in [0.1, 0.15) is 10.7 Å². The SMILES string of the molecule is C=C(C)OS(=O)(=O)c1ccc(C)c(C)c1. The van der Waals surface area contributed by atoms with Gasteiger partial charge in [0.15, 0.2) is 0 Å². The molecule has 0 spiro atoms. The van der Waals surface area contributed by atoms with Gasteiger partial charge in [-0.25, -0.2) is 0 Å². The number of allylic oxidation sites excluding steroid dienone is 1. The van der Waals surface area contributed by atoms with Crippen molar-refractivity contribution in [3.63, 3.8) is 0 Å². The highest BCUT2D eigenvalue weighted by Crippen LogP contribution is 2.18. The van der Waals surface area contributed by atoms with E-state index in [0.717, 1.165) is 11.1 Å². The summed E-state index contributed by atoms with van der Waals surface area (Å²) in [5.41, 5.74) is 1.96. The van der Waals surface area contributed by atoms with E-state index in [9.17, 15) is 8.42 Å². The van der Waals surface area contributed by atoms with Gasteiger partial charge in [-0.15, -0.1) is 0 Å². The first-order chi connectivity index (χ1) is 6.83. The average Bonchev–Trinajstić information content (AvgIpc) is 2.07. The number of hydrogen-bond donors (Lipinski definition) is 0. The zero-order valence-corrected chi connectivity index (χ0v) is 9.89.